The number of benzene rings is 3. The van der Waals surface area contributed by atoms with Crippen molar-refractivity contribution in [2.45, 2.75) is 18.4 Å². The maximum absolute atomic E-state index is 13.5. The quantitative estimate of drug-likeness (QED) is 0.410. The number of esters is 1. The summed E-state index contributed by atoms with van der Waals surface area (Å²) < 4.78 is 6.33. The fourth-order valence-electron chi connectivity index (χ4n) is 3.96. The molecule has 0 bridgehead atoms. The predicted octanol–water partition coefficient (Wildman–Crippen LogP) is 4.02. The van der Waals surface area contributed by atoms with Crippen LogP contribution < -0.4 is 5.32 Å². The molecule has 146 valence electrons. The highest BCUT2D eigenvalue weighted by Crippen LogP contribution is 2.35. The van der Waals surface area contributed by atoms with Gasteiger partial charge in [-0.25, -0.2) is 4.79 Å². The van der Waals surface area contributed by atoms with Crippen LogP contribution in [0.1, 0.15) is 29.5 Å². The molecule has 2 N–H and O–H groups in total. The third kappa shape index (κ3) is 4.47. The van der Waals surface area contributed by atoms with E-state index in [-0.39, 0.29) is 5.97 Å². The molecule has 3 aromatic rings. The van der Waals surface area contributed by atoms with E-state index in [0.29, 0.717) is 5.57 Å². The molecule has 0 saturated carbocycles. The van der Waals surface area contributed by atoms with Gasteiger partial charge in [0.1, 0.15) is 5.60 Å². The van der Waals surface area contributed by atoms with Crippen molar-refractivity contribution in [1.29, 1.82) is 0 Å². The van der Waals surface area contributed by atoms with Crippen molar-refractivity contribution in [3.63, 3.8) is 0 Å². The standard InChI is InChI=1S/C26H25NO2/c28-25(29-26(16-18-27-19-17-26)23-14-8-3-9-15-23)24(22-12-6-2-7-13-22)20-21-10-4-1-5-11-21/h1-15,20,27H,16-19H2/p+1/b24-20+. The Morgan fingerprint density at radius 3 is 1.97 bits per heavy atom. The number of ether oxygens (including phenoxy) is 1. The van der Waals surface area contributed by atoms with Crippen LogP contribution in [-0.2, 0) is 15.1 Å². The fourth-order valence-corrected chi connectivity index (χ4v) is 3.96. The lowest BCUT2D eigenvalue weighted by Gasteiger charge is -2.36. The molecule has 1 fully saturated rings. The van der Waals surface area contributed by atoms with Crippen LogP contribution in [-0.4, -0.2) is 19.1 Å². The van der Waals surface area contributed by atoms with Gasteiger partial charge in [-0.3, -0.25) is 0 Å². The first-order valence-corrected chi connectivity index (χ1v) is 10.2. The Kier molecular flexibility index (Phi) is 5.87. The number of hydrogen-bond donors (Lipinski definition) is 1. The molecule has 1 aliphatic heterocycles. The zero-order chi connectivity index (χ0) is 19.9. The van der Waals surface area contributed by atoms with Gasteiger partial charge >= 0.3 is 5.97 Å². The molecule has 0 aromatic heterocycles. The van der Waals surface area contributed by atoms with Gasteiger partial charge in [0, 0.05) is 12.8 Å². The summed E-state index contributed by atoms with van der Waals surface area (Å²) in [5.74, 6) is -0.272. The first-order chi connectivity index (χ1) is 14.3. The van der Waals surface area contributed by atoms with Crippen molar-refractivity contribution in [1.82, 2.24) is 0 Å². The molecule has 4 rings (SSSR count). The maximum Gasteiger partial charge on any atom is 0.339 e. The lowest BCUT2D eigenvalue weighted by Crippen LogP contribution is -2.87. The topological polar surface area (TPSA) is 42.9 Å². The molecule has 0 spiro atoms. The number of carbonyl (C=O) groups is 1. The van der Waals surface area contributed by atoms with Crippen LogP contribution in [0.4, 0.5) is 0 Å². The zero-order valence-corrected chi connectivity index (χ0v) is 16.5. The monoisotopic (exact) mass is 384 g/mol. The van der Waals surface area contributed by atoms with E-state index < -0.39 is 5.60 Å². The largest absolute Gasteiger partial charge is 0.450 e. The highest BCUT2D eigenvalue weighted by atomic mass is 16.6. The molecule has 0 atom stereocenters. The lowest BCUT2D eigenvalue weighted by atomic mass is 9.84. The van der Waals surface area contributed by atoms with Crippen molar-refractivity contribution in [3.05, 3.63) is 108 Å². The average Bonchev–Trinajstić information content (AvgIpc) is 2.80. The van der Waals surface area contributed by atoms with Crippen molar-refractivity contribution in [3.8, 4) is 0 Å². The van der Waals surface area contributed by atoms with E-state index in [1.165, 1.54) is 0 Å². The molecule has 1 saturated heterocycles. The van der Waals surface area contributed by atoms with Crippen LogP contribution in [0, 0.1) is 0 Å². The predicted molar refractivity (Wildman–Crippen MR) is 116 cm³/mol. The third-order valence-electron chi connectivity index (χ3n) is 5.51. The summed E-state index contributed by atoms with van der Waals surface area (Å²) in [5.41, 5.74) is 2.94. The highest BCUT2D eigenvalue weighted by molar-refractivity contribution is 6.21. The number of rotatable bonds is 5. The zero-order valence-electron chi connectivity index (χ0n) is 16.5. The Labute approximate surface area is 172 Å². The number of nitrogens with two attached hydrogens (primary N) is 1. The highest BCUT2D eigenvalue weighted by Gasteiger charge is 2.40. The fraction of sp³-hybridized carbons (Fsp3) is 0.192. The van der Waals surface area contributed by atoms with Gasteiger partial charge < -0.3 is 10.1 Å². The maximum atomic E-state index is 13.5. The van der Waals surface area contributed by atoms with E-state index in [2.05, 4.69) is 17.4 Å². The van der Waals surface area contributed by atoms with E-state index in [1.807, 2.05) is 84.9 Å². The van der Waals surface area contributed by atoms with Gasteiger partial charge in [0.25, 0.3) is 0 Å². The summed E-state index contributed by atoms with van der Waals surface area (Å²) in [4.78, 5) is 13.5. The average molecular weight is 384 g/mol. The summed E-state index contributed by atoms with van der Waals surface area (Å²) in [6, 6.07) is 29.9. The second kappa shape index (κ2) is 8.89. The molecule has 0 unspecified atom stereocenters. The normalized spacial score (nSPS) is 16.2. The van der Waals surface area contributed by atoms with Crippen LogP contribution in [0.3, 0.4) is 0 Å². The Balaban J connectivity index is 1.71. The van der Waals surface area contributed by atoms with Gasteiger partial charge in [-0.1, -0.05) is 91.0 Å². The molecule has 1 aliphatic rings. The van der Waals surface area contributed by atoms with E-state index in [0.717, 1.165) is 42.6 Å². The molecule has 29 heavy (non-hydrogen) atoms. The van der Waals surface area contributed by atoms with Gasteiger partial charge in [0.05, 0.1) is 18.7 Å². The van der Waals surface area contributed by atoms with Crippen molar-refractivity contribution in [2.75, 3.05) is 13.1 Å². The van der Waals surface area contributed by atoms with E-state index in [9.17, 15) is 4.79 Å². The SMILES string of the molecule is O=C(OC1(c2ccccc2)CC[NH2+]CC1)/C(=C/c1ccccc1)c1ccccc1. The summed E-state index contributed by atoms with van der Waals surface area (Å²) in [6.45, 7) is 1.90. The number of carbonyl (C=O) groups excluding carboxylic acids is 1. The molecule has 3 heteroatoms. The molecule has 0 aliphatic carbocycles. The van der Waals surface area contributed by atoms with Gasteiger partial charge in [0.15, 0.2) is 0 Å². The number of hydrogen-bond acceptors (Lipinski definition) is 2. The summed E-state index contributed by atoms with van der Waals surface area (Å²) in [5, 5.41) is 2.28. The second-order valence-corrected chi connectivity index (χ2v) is 7.45. The van der Waals surface area contributed by atoms with E-state index >= 15 is 0 Å². The molecule has 1 heterocycles. The smallest absolute Gasteiger partial charge is 0.339 e. The molecule has 0 amide bonds. The van der Waals surface area contributed by atoms with Gasteiger partial charge in [0.2, 0.25) is 0 Å². The first-order valence-electron chi connectivity index (χ1n) is 10.2. The molecule has 0 radical (unpaired) electrons. The van der Waals surface area contributed by atoms with Gasteiger partial charge in [-0.15, -0.1) is 0 Å². The van der Waals surface area contributed by atoms with Gasteiger partial charge in [-0.05, 0) is 22.8 Å². The Morgan fingerprint density at radius 2 is 1.34 bits per heavy atom. The summed E-state index contributed by atoms with van der Waals surface area (Å²) in [6.07, 6.45) is 3.55. The van der Waals surface area contributed by atoms with Gasteiger partial charge in [-0.2, -0.15) is 0 Å². The Bertz CT molecular complexity index is 959. The van der Waals surface area contributed by atoms with Crippen molar-refractivity contribution in [2.24, 2.45) is 0 Å². The Hall–Kier alpha value is -3.17. The molecule has 3 aromatic carbocycles. The first kappa shape index (κ1) is 19.2. The van der Waals surface area contributed by atoms with Crippen LogP contribution in [0.2, 0.25) is 0 Å². The summed E-state index contributed by atoms with van der Waals surface area (Å²) >= 11 is 0. The van der Waals surface area contributed by atoms with E-state index in [1.54, 1.807) is 0 Å². The van der Waals surface area contributed by atoms with Crippen molar-refractivity contribution >= 4 is 17.6 Å². The minimum atomic E-state index is -0.572. The molecular weight excluding hydrogens is 358 g/mol. The van der Waals surface area contributed by atoms with E-state index in [4.69, 9.17) is 4.74 Å². The minimum absolute atomic E-state index is 0.272. The third-order valence-corrected chi connectivity index (χ3v) is 5.51. The van der Waals surface area contributed by atoms with Crippen LogP contribution in [0.25, 0.3) is 11.6 Å². The lowest BCUT2D eigenvalue weighted by molar-refractivity contribution is -0.668. The van der Waals surface area contributed by atoms with Crippen molar-refractivity contribution < 1.29 is 14.8 Å². The number of piperidine rings is 1. The molecular formula is C26H26NO2+. The van der Waals surface area contributed by atoms with Crippen LogP contribution in [0.5, 0.6) is 0 Å². The minimum Gasteiger partial charge on any atom is -0.450 e. The van der Waals surface area contributed by atoms with Crippen LogP contribution >= 0.6 is 0 Å². The Morgan fingerprint density at radius 1 is 0.793 bits per heavy atom. The second-order valence-electron chi connectivity index (χ2n) is 7.45. The number of quaternary nitrogens is 1. The molecule has 3 nitrogen and oxygen atoms in total. The summed E-state index contributed by atoms with van der Waals surface area (Å²) in [7, 11) is 0. The van der Waals surface area contributed by atoms with Crippen LogP contribution in [0.15, 0.2) is 91.0 Å².